The Bertz CT molecular complexity index is 374. The Kier molecular flexibility index (Phi) is 5.38. The van der Waals surface area contributed by atoms with E-state index in [-0.39, 0.29) is 0 Å². The van der Waals surface area contributed by atoms with Gasteiger partial charge >= 0.3 is 23.9 Å². The molecule has 0 saturated heterocycles. The molecule has 0 unspecified atom stereocenters. The summed E-state index contributed by atoms with van der Waals surface area (Å²) in [6.07, 6.45) is -2.56. The van der Waals surface area contributed by atoms with Crippen LogP contribution < -0.4 is 0 Å². The highest BCUT2D eigenvalue weighted by Gasteiger charge is 2.21. The zero-order valence-corrected chi connectivity index (χ0v) is 8.54. The van der Waals surface area contributed by atoms with E-state index >= 15 is 0 Å². The van der Waals surface area contributed by atoms with Gasteiger partial charge in [-0.2, -0.15) is 0 Å². The van der Waals surface area contributed by atoms with Crippen molar-refractivity contribution in [3.8, 4) is 0 Å². The molecule has 4 N–H and O–H groups in total. The predicted molar refractivity (Wildman–Crippen MR) is 51.4 cm³/mol. The van der Waals surface area contributed by atoms with Gasteiger partial charge in [0.2, 0.25) is 0 Å². The van der Waals surface area contributed by atoms with E-state index in [0.29, 0.717) is 0 Å². The maximum atomic E-state index is 10.7. The molecule has 0 aliphatic rings. The fourth-order valence-electron chi connectivity index (χ4n) is 1.14. The zero-order valence-electron chi connectivity index (χ0n) is 8.54. The van der Waals surface area contributed by atoms with E-state index < -0.39 is 54.3 Å². The maximum absolute atomic E-state index is 10.7. The minimum atomic E-state index is -1.63. The molecule has 17 heavy (non-hydrogen) atoms. The van der Waals surface area contributed by atoms with Crippen LogP contribution in [0, 0.1) is 0 Å². The van der Waals surface area contributed by atoms with Gasteiger partial charge in [-0.25, -0.2) is 4.79 Å². The maximum Gasteiger partial charge on any atom is 0.332 e. The first kappa shape index (κ1) is 14.6. The van der Waals surface area contributed by atoms with Crippen molar-refractivity contribution in [2.45, 2.75) is 19.3 Å². The van der Waals surface area contributed by atoms with Crippen LogP contribution in [0.4, 0.5) is 0 Å². The molecule has 0 radical (unpaired) electrons. The van der Waals surface area contributed by atoms with Crippen molar-refractivity contribution < 1.29 is 39.6 Å². The van der Waals surface area contributed by atoms with Crippen LogP contribution in [0.2, 0.25) is 0 Å². The van der Waals surface area contributed by atoms with Gasteiger partial charge in [-0.15, -0.1) is 0 Å². The Morgan fingerprint density at radius 2 is 1.00 bits per heavy atom. The van der Waals surface area contributed by atoms with E-state index in [9.17, 15) is 19.2 Å². The van der Waals surface area contributed by atoms with Crippen molar-refractivity contribution in [2.75, 3.05) is 0 Å². The molecule has 8 heteroatoms. The molecule has 0 aliphatic carbocycles. The number of carbonyl (C=O) groups is 4. The summed E-state index contributed by atoms with van der Waals surface area (Å²) in [5, 5.41) is 34.2. The highest BCUT2D eigenvalue weighted by atomic mass is 16.4. The van der Waals surface area contributed by atoms with Gasteiger partial charge in [0.15, 0.2) is 0 Å². The smallest absolute Gasteiger partial charge is 0.332 e. The molecule has 0 heterocycles. The summed E-state index contributed by atoms with van der Waals surface area (Å²) in [6.45, 7) is 0. The Morgan fingerprint density at radius 1 is 0.647 bits per heavy atom. The predicted octanol–water partition coefficient (Wildman–Crippen LogP) is -0.208. The standard InChI is InChI=1S/C9H10O8/c10-6(11)1-4(2-7(12)13)5(9(16)17)3-8(14)15/h1-3H2,(H,10,11)(H,12,13)(H,14,15)(H,16,17). The molecule has 0 spiro atoms. The Morgan fingerprint density at radius 3 is 1.24 bits per heavy atom. The van der Waals surface area contributed by atoms with E-state index in [1.807, 2.05) is 0 Å². The Labute approximate surface area is 94.8 Å². The molecule has 0 aromatic carbocycles. The first-order valence-electron chi connectivity index (χ1n) is 4.33. The molecule has 0 bridgehead atoms. The minimum Gasteiger partial charge on any atom is -0.481 e. The van der Waals surface area contributed by atoms with Gasteiger partial charge < -0.3 is 20.4 Å². The fourth-order valence-corrected chi connectivity index (χ4v) is 1.14. The third kappa shape index (κ3) is 5.92. The van der Waals surface area contributed by atoms with E-state index in [2.05, 4.69) is 0 Å². The summed E-state index contributed by atoms with van der Waals surface area (Å²) in [4.78, 5) is 42.0. The van der Waals surface area contributed by atoms with Gasteiger partial charge in [0.25, 0.3) is 0 Å². The lowest BCUT2D eigenvalue weighted by molar-refractivity contribution is -0.140. The fraction of sp³-hybridized carbons (Fsp3) is 0.333. The lowest BCUT2D eigenvalue weighted by Gasteiger charge is -2.07. The lowest BCUT2D eigenvalue weighted by Crippen LogP contribution is -2.14. The average Bonchev–Trinajstić information content (AvgIpc) is 2.10. The van der Waals surface area contributed by atoms with E-state index in [1.165, 1.54) is 0 Å². The molecule has 0 amide bonds. The number of hydrogen-bond donors (Lipinski definition) is 4. The second-order valence-corrected chi connectivity index (χ2v) is 3.10. The highest BCUT2D eigenvalue weighted by molar-refractivity contribution is 5.94. The first-order chi connectivity index (χ1) is 7.73. The summed E-state index contributed by atoms with van der Waals surface area (Å²) in [7, 11) is 0. The highest BCUT2D eigenvalue weighted by Crippen LogP contribution is 2.17. The van der Waals surface area contributed by atoms with Crippen molar-refractivity contribution >= 4 is 23.9 Å². The van der Waals surface area contributed by atoms with Crippen LogP contribution in [0.25, 0.3) is 0 Å². The van der Waals surface area contributed by atoms with Crippen LogP contribution in [-0.2, 0) is 19.2 Å². The number of carboxylic acid groups (broad SMARTS) is 4. The van der Waals surface area contributed by atoms with Crippen molar-refractivity contribution in [3.05, 3.63) is 11.1 Å². The number of carboxylic acids is 4. The van der Waals surface area contributed by atoms with E-state index in [1.54, 1.807) is 0 Å². The van der Waals surface area contributed by atoms with Gasteiger partial charge in [0.05, 0.1) is 19.3 Å². The molecule has 0 aromatic rings. The molecule has 0 aliphatic heterocycles. The molecule has 0 rings (SSSR count). The molecule has 94 valence electrons. The first-order valence-corrected chi connectivity index (χ1v) is 4.33. The third-order valence-corrected chi connectivity index (χ3v) is 1.74. The largest absolute Gasteiger partial charge is 0.481 e. The van der Waals surface area contributed by atoms with E-state index in [0.717, 1.165) is 0 Å². The van der Waals surface area contributed by atoms with Crippen LogP contribution in [0.5, 0.6) is 0 Å². The van der Waals surface area contributed by atoms with Crippen molar-refractivity contribution in [2.24, 2.45) is 0 Å². The van der Waals surface area contributed by atoms with Crippen LogP contribution in [0.15, 0.2) is 11.1 Å². The lowest BCUT2D eigenvalue weighted by atomic mass is 9.99. The Balaban J connectivity index is 5.36. The molecular weight excluding hydrogens is 236 g/mol. The molecule has 0 atom stereocenters. The van der Waals surface area contributed by atoms with Crippen molar-refractivity contribution in [1.82, 2.24) is 0 Å². The number of hydrogen-bond acceptors (Lipinski definition) is 4. The summed E-state index contributed by atoms with van der Waals surface area (Å²) in [5.41, 5.74) is -1.14. The number of aliphatic carboxylic acids is 4. The summed E-state index contributed by atoms with van der Waals surface area (Å²) in [5.74, 6) is -5.96. The van der Waals surface area contributed by atoms with Gasteiger partial charge in [-0.1, -0.05) is 0 Å². The van der Waals surface area contributed by atoms with Gasteiger partial charge in [-0.05, 0) is 5.57 Å². The quantitative estimate of drug-likeness (QED) is 0.451. The number of rotatable bonds is 7. The Hall–Kier alpha value is -2.38. The van der Waals surface area contributed by atoms with Gasteiger partial charge in [-0.3, -0.25) is 14.4 Å². The normalized spacial score (nSPS) is 9.41. The monoisotopic (exact) mass is 246 g/mol. The van der Waals surface area contributed by atoms with Crippen LogP contribution in [-0.4, -0.2) is 44.3 Å². The summed E-state index contributed by atoms with van der Waals surface area (Å²) < 4.78 is 0. The molecule has 0 aromatic heterocycles. The second kappa shape index (κ2) is 6.26. The SMILES string of the molecule is O=C(O)CC(CC(=O)O)=C(CC(=O)O)C(=O)O. The zero-order chi connectivity index (χ0) is 13.6. The van der Waals surface area contributed by atoms with Crippen molar-refractivity contribution in [3.63, 3.8) is 0 Å². The van der Waals surface area contributed by atoms with Crippen LogP contribution in [0.3, 0.4) is 0 Å². The molecular formula is C9H10O8. The van der Waals surface area contributed by atoms with Crippen LogP contribution >= 0.6 is 0 Å². The average molecular weight is 246 g/mol. The second-order valence-electron chi connectivity index (χ2n) is 3.10. The molecule has 0 fully saturated rings. The van der Waals surface area contributed by atoms with Gasteiger partial charge in [0.1, 0.15) is 0 Å². The van der Waals surface area contributed by atoms with Crippen molar-refractivity contribution in [1.29, 1.82) is 0 Å². The molecule has 8 nitrogen and oxygen atoms in total. The van der Waals surface area contributed by atoms with E-state index in [4.69, 9.17) is 20.4 Å². The topological polar surface area (TPSA) is 149 Å². The van der Waals surface area contributed by atoms with Crippen LogP contribution in [0.1, 0.15) is 19.3 Å². The minimum absolute atomic E-state index is 0.431. The van der Waals surface area contributed by atoms with Gasteiger partial charge in [0, 0.05) is 5.57 Å². The summed E-state index contributed by atoms with van der Waals surface area (Å²) in [6, 6.07) is 0. The molecule has 0 saturated carbocycles. The summed E-state index contributed by atoms with van der Waals surface area (Å²) >= 11 is 0. The third-order valence-electron chi connectivity index (χ3n) is 1.74.